The van der Waals surface area contributed by atoms with Gasteiger partial charge in [0.05, 0.1) is 20.2 Å². The van der Waals surface area contributed by atoms with Crippen molar-refractivity contribution in [3.05, 3.63) is 94.8 Å². The van der Waals surface area contributed by atoms with Gasteiger partial charge in [-0.15, -0.1) is 0 Å². The van der Waals surface area contributed by atoms with Crippen molar-refractivity contribution in [1.82, 2.24) is 9.71 Å². The van der Waals surface area contributed by atoms with Crippen molar-refractivity contribution in [1.29, 1.82) is 0 Å². The van der Waals surface area contributed by atoms with E-state index in [0.717, 1.165) is 5.56 Å². The highest BCUT2D eigenvalue weighted by atomic mass is 35.5. The van der Waals surface area contributed by atoms with Crippen LogP contribution in [0, 0.1) is 11.8 Å². The van der Waals surface area contributed by atoms with E-state index >= 15 is 0 Å². The highest BCUT2D eigenvalue weighted by Crippen LogP contribution is 2.15. The first kappa shape index (κ1) is 18.7. The van der Waals surface area contributed by atoms with Crippen LogP contribution in [-0.4, -0.2) is 21.0 Å². The maximum Gasteiger partial charge on any atom is 0.264 e. The van der Waals surface area contributed by atoms with Crippen molar-refractivity contribution in [2.45, 2.75) is 4.90 Å². The van der Waals surface area contributed by atoms with Gasteiger partial charge in [0.25, 0.3) is 5.91 Å². The molecule has 1 atom stereocenters. The van der Waals surface area contributed by atoms with Crippen LogP contribution in [0.5, 0.6) is 0 Å². The lowest BCUT2D eigenvalue weighted by molar-refractivity contribution is 0.0982. The van der Waals surface area contributed by atoms with Crippen LogP contribution in [-0.2, 0) is 9.71 Å². The largest absolute Gasteiger partial charge is 0.275 e. The van der Waals surface area contributed by atoms with Crippen LogP contribution in [0.15, 0.2) is 78.0 Å². The number of nitrogens with zero attached hydrogens (tertiary/aromatic N) is 1. The molecule has 0 saturated heterocycles. The molecular formula is C21H15ClN2O2S. The average Bonchev–Trinajstić information content (AvgIpc) is 2.67. The number of benzene rings is 2. The Labute approximate surface area is 163 Å². The third-order valence-electron chi connectivity index (χ3n) is 3.56. The van der Waals surface area contributed by atoms with Gasteiger partial charge >= 0.3 is 0 Å². The van der Waals surface area contributed by atoms with Gasteiger partial charge in [-0.25, -0.2) is 4.21 Å². The second-order valence-electron chi connectivity index (χ2n) is 5.64. The molecule has 6 heteroatoms. The standard InChI is InChI=1S/C21H15ClN2O2S/c1-27(26,20-9-5-8-19(22)13-20)24-21(25)18-12-17(14-23-15-18)11-10-16-6-3-2-4-7-16/h2-9,12-15H,1H2,(H,24,25,26). The Balaban J connectivity index is 1.81. The maximum atomic E-state index is 12.8. The first-order valence-corrected chi connectivity index (χ1v) is 10.0. The van der Waals surface area contributed by atoms with Gasteiger partial charge in [-0.05, 0) is 42.3 Å². The Morgan fingerprint density at radius 2 is 1.74 bits per heavy atom. The summed E-state index contributed by atoms with van der Waals surface area (Å²) in [6.45, 7) is 0. The summed E-state index contributed by atoms with van der Waals surface area (Å²) in [5.41, 5.74) is 1.67. The fourth-order valence-electron chi connectivity index (χ4n) is 2.24. The third kappa shape index (κ3) is 4.98. The van der Waals surface area contributed by atoms with Crippen molar-refractivity contribution in [2.75, 3.05) is 0 Å². The van der Waals surface area contributed by atoms with Crippen LogP contribution in [0.3, 0.4) is 0 Å². The molecule has 0 aliphatic carbocycles. The lowest BCUT2D eigenvalue weighted by Gasteiger charge is -2.12. The average molecular weight is 395 g/mol. The summed E-state index contributed by atoms with van der Waals surface area (Å²) in [4.78, 5) is 16.9. The third-order valence-corrected chi connectivity index (χ3v) is 5.33. The highest BCUT2D eigenvalue weighted by Gasteiger charge is 2.14. The molecule has 27 heavy (non-hydrogen) atoms. The van der Waals surface area contributed by atoms with Gasteiger partial charge in [0.2, 0.25) is 0 Å². The van der Waals surface area contributed by atoms with Crippen LogP contribution in [0.2, 0.25) is 5.02 Å². The minimum Gasteiger partial charge on any atom is -0.275 e. The van der Waals surface area contributed by atoms with E-state index in [1.807, 2.05) is 30.3 Å². The monoisotopic (exact) mass is 394 g/mol. The zero-order chi connectivity index (χ0) is 19.3. The highest BCUT2D eigenvalue weighted by molar-refractivity contribution is 7.99. The predicted octanol–water partition coefficient (Wildman–Crippen LogP) is 3.56. The van der Waals surface area contributed by atoms with Crippen molar-refractivity contribution in [2.24, 2.45) is 0 Å². The number of nitrogens with one attached hydrogen (secondary N) is 1. The molecule has 0 radical (unpaired) electrons. The molecule has 2 aromatic carbocycles. The number of carbonyl (C=O) groups is 1. The lowest BCUT2D eigenvalue weighted by Crippen LogP contribution is -2.30. The van der Waals surface area contributed by atoms with Gasteiger partial charge in [-0.2, -0.15) is 0 Å². The number of aromatic nitrogens is 1. The summed E-state index contributed by atoms with van der Waals surface area (Å²) in [6.07, 6.45) is 2.95. The molecule has 0 spiro atoms. The van der Waals surface area contributed by atoms with E-state index in [2.05, 4.69) is 27.4 Å². The van der Waals surface area contributed by atoms with Gasteiger partial charge in [0, 0.05) is 28.5 Å². The summed E-state index contributed by atoms with van der Waals surface area (Å²) in [7, 11) is -3.05. The molecule has 1 amide bonds. The zero-order valence-electron chi connectivity index (χ0n) is 14.2. The van der Waals surface area contributed by atoms with Crippen molar-refractivity contribution in [3.63, 3.8) is 0 Å². The van der Waals surface area contributed by atoms with E-state index in [0.29, 0.717) is 15.5 Å². The van der Waals surface area contributed by atoms with Gasteiger partial charge < -0.3 is 0 Å². The van der Waals surface area contributed by atoms with Gasteiger partial charge in [-0.1, -0.05) is 47.7 Å². The number of pyridine rings is 1. The molecule has 0 aliphatic rings. The lowest BCUT2D eigenvalue weighted by atomic mass is 10.2. The maximum absolute atomic E-state index is 12.8. The van der Waals surface area contributed by atoms with Crippen molar-refractivity contribution >= 4 is 33.1 Å². The van der Waals surface area contributed by atoms with Crippen molar-refractivity contribution in [3.8, 4) is 11.8 Å². The van der Waals surface area contributed by atoms with Crippen LogP contribution in [0.1, 0.15) is 21.5 Å². The molecule has 1 unspecified atom stereocenters. The summed E-state index contributed by atoms with van der Waals surface area (Å²) < 4.78 is 15.2. The first-order chi connectivity index (χ1) is 12.9. The molecule has 3 aromatic rings. The fraction of sp³-hybridized carbons (Fsp3) is 0. The molecule has 1 N–H and O–H groups in total. The van der Waals surface area contributed by atoms with Crippen LogP contribution in [0.4, 0.5) is 0 Å². The summed E-state index contributed by atoms with van der Waals surface area (Å²) in [6, 6.07) is 17.5. The molecule has 3 rings (SSSR count). The Bertz CT molecular complexity index is 1150. The smallest absolute Gasteiger partial charge is 0.264 e. The van der Waals surface area contributed by atoms with Crippen molar-refractivity contribution < 1.29 is 9.00 Å². The molecule has 0 bridgehead atoms. The Morgan fingerprint density at radius 1 is 1.00 bits per heavy atom. The van der Waals surface area contributed by atoms with E-state index < -0.39 is 15.6 Å². The summed E-state index contributed by atoms with van der Waals surface area (Å²) >= 11 is 5.92. The number of halogens is 1. The number of hydrogen-bond acceptors (Lipinski definition) is 3. The molecule has 4 nitrogen and oxygen atoms in total. The summed E-state index contributed by atoms with van der Waals surface area (Å²) in [5.74, 6) is 9.05. The summed E-state index contributed by atoms with van der Waals surface area (Å²) in [5, 5.41) is 0.415. The van der Waals surface area contributed by atoms with E-state index in [1.54, 1.807) is 30.5 Å². The number of carbonyl (C=O) groups excluding carboxylic acids is 1. The SMILES string of the molecule is C=S(=O)(NC(=O)c1cncc(C#Cc2ccccc2)c1)c1cccc(Cl)c1. The molecule has 0 fully saturated rings. The van der Waals surface area contributed by atoms with E-state index in [1.165, 1.54) is 12.3 Å². The molecule has 0 saturated carbocycles. The fourth-order valence-corrected chi connectivity index (χ4v) is 3.64. The second kappa shape index (κ2) is 8.09. The van der Waals surface area contributed by atoms with Gasteiger partial charge in [-0.3, -0.25) is 14.5 Å². The Kier molecular flexibility index (Phi) is 5.60. The van der Waals surface area contributed by atoms with E-state index in [9.17, 15) is 9.00 Å². The molecule has 1 aromatic heterocycles. The van der Waals surface area contributed by atoms with Crippen LogP contribution < -0.4 is 4.72 Å². The quantitative estimate of drug-likeness (QED) is 0.546. The van der Waals surface area contributed by atoms with E-state index in [4.69, 9.17) is 11.6 Å². The molecule has 134 valence electrons. The Hall–Kier alpha value is -3.07. The first-order valence-electron chi connectivity index (χ1n) is 7.91. The van der Waals surface area contributed by atoms with Crippen LogP contribution >= 0.6 is 11.6 Å². The molecule has 1 heterocycles. The predicted molar refractivity (Wildman–Crippen MR) is 109 cm³/mol. The van der Waals surface area contributed by atoms with E-state index in [-0.39, 0.29) is 5.56 Å². The number of amides is 1. The van der Waals surface area contributed by atoms with Crippen LogP contribution in [0.25, 0.3) is 0 Å². The minimum absolute atomic E-state index is 0.244. The number of rotatable bonds is 3. The van der Waals surface area contributed by atoms with Gasteiger partial charge in [0.1, 0.15) is 0 Å². The molecular weight excluding hydrogens is 380 g/mol. The second-order valence-corrected chi connectivity index (χ2v) is 8.10. The normalized spacial score (nSPS) is 12.3. The molecule has 0 aliphatic heterocycles. The number of hydrogen-bond donors (Lipinski definition) is 1. The van der Waals surface area contributed by atoms with Gasteiger partial charge in [0.15, 0.2) is 0 Å². The minimum atomic E-state index is -3.05. The Morgan fingerprint density at radius 3 is 2.48 bits per heavy atom. The topological polar surface area (TPSA) is 59.1 Å². The zero-order valence-corrected chi connectivity index (χ0v) is 15.8.